The van der Waals surface area contributed by atoms with Crippen LogP contribution in [0.15, 0.2) is 10.9 Å². The predicted molar refractivity (Wildman–Crippen MR) is 22.7 cm³/mol. The smallest absolute Gasteiger partial charge is 0.115 e. The first kappa shape index (κ1) is 1.84. The molecule has 0 aromatic heterocycles. The Morgan fingerprint density at radius 3 is 3.40 bits per heavy atom. The van der Waals surface area contributed by atoms with Crippen LogP contribution in [0.3, 0.4) is 0 Å². The molecule has 0 aliphatic carbocycles. The van der Waals surface area contributed by atoms with E-state index < -0.39 is 0 Å². The molecular formula is C4H2Si. The van der Waals surface area contributed by atoms with Crippen molar-refractivity contribution in [2.45, 2.75) is 0 Å². The summed E-state index contributed by atoms with van der Waals surface area (Å²) in [5.41, 5.74) is 2.03. The molecule has 1 heterocycles. The fourth-order valence-electron chi connectivity index (χ4n) is 0.108. The van der Waals surface area contributed by atoms with Crippen LogP contribution >= 0.6 is 0 Å². The topological polar surface area (TPSA) is 0 Å². The molecule has 0 aromatic carbocycles. The van der Waals surface area contributed by atoms with Crippen LogP contribution in [0.4, 0.5) is 0 Å². The van der Waals surface area contributed by atoms with Gasteiger partial charge in [-0.3, -0.25) is 0 Å². The van der Waals surface area contributed by atoms with E-state index in [2.05, 4.69) is 12.3 Å². The SMILES string of the molecule is [2H]C#CC1=C[Si]1. The highest BCUT2D eigenvalue weighted by Gasteiger charge is 2.01. The Bertz CT molecular complexity index is 137. The molecule has 0 aromatic rings. The Morgan fingerprint density at radius 2 is 3.20 bits per heavy atom. The second-order valence-corrected chi connectivity index (χ2v) is 1.94. The van der Waals surface area contributed by atoms with Gasteiger partial charge in [0.05, 0.1) is 0 Å². The van der Waals surface area contributed by atoms with Crippen molar-refractivity contribution in [3.8, 4) is 12.3 Å². The first-order valence-electron chi connectivity index (χ1n) is 1.83. The molecule has 1 rings (SSSR count). The average molecular weight is 79.2 g/mol. The van der Waals surface area contributed by atoms with Gasteiger partial charge in [0.1, 0.15) is 10.9 Å². The molecule has 2 radical (unpaired) electrons. The van der Waals surface area contributed by atoms with E-state index in [4.69, 9.17) is 1.37 Å². The van der Waals surface area contributed by atoms with Crippen molar-refractivity contribution < 1.29 is 1.37 Å². The molecule has 0 saturated heterocycles. The lowest BCUT2D eigenvalue weighted by molar-refractivity contribution is 2.31. The van der Waals surface area contributed by atoms with Crippen molar-refractivity contribution in [1.82, 2.24) is 0 Å². The standard InChI is InChI=1S/C4H2Si/c1-2-4-3-5-4/h1,3H/i1D. The fourth-order valence-corrected chi connectivity index (χ4v) is 0.325. The molecule has 0 spiro atoms. The summed E-state index contributed by atoms with van der Waals surface area (Å²) in [6.07, 6.45) is 2.07. The van der Waals surface area contributed by atoms with E-state index in [1.807, 2.05) is 5.70 Å². The second kappa shape index (κ2) is 0.732. The van der Waals surface area contributed by atoms with Crippen molar-refractivity contribution in [3.63, 3.8) is 0 Å². The molecule has 0 saturated carbocycles. The highest BCUT2D eigenvalue weighted by molar-refractivity contribution is 6.65. The first-order chi connectivity index (χ1) is 2.93. The quantitative estimate of drug-likeness (QED) is 0.287. The van der Waals surface area contributed by atoms with Crippen LogP contribution in [-0.4, -0.2) is 9.52 Å². The van der Waals surface area contributed by atoms with E-state index in [1.54, 1.807) is 0 Å². The van der Waals surface area contributed by atoms with Crippen LogP contribution in [0.2, 0.25) is 0 Å². The third-order valence-corrected chi connectivity index (χ3v) is 1.13. The van der Waals surface area contributed by atoms with E-state index in [0.717, 1.165) is 14.7 Å². The lowest BCUT2D eigenvalue weighted by atomic mass is 10.7. The van der Waals surface area contributed by atoms with Crippen LogP contribution in [0.1, 0.15) is 1.37 Å². The van der Waals surface area contributed by atoms with E-state index in [9.17, 15) is 0 Å². The van der Waals surface area contributed by atoms with Gasteiger partial charge in [-0.05, 0) is 5.20 Å². The number of hydrogen-bond acceptors (Lipinski definition) is 0. The lowest BCUT2D eigenvalue weighted by Crippen LogP contribution is -1.52. The summed E-state index contributed by atoms with van der Waals surface area (Å²) in [4.78, 5) is 0. The largest absolute Gasteiger partial charge is 0.124 e. The Labute approximate surface area is 35.1 Å². The summed E-state index contributed by atoms with van der Waals surface area (Å²) in [5.74, 6) is 2.61. The molecule has 0 nitrogen and oxygen atoms in total. The average Bonchev–Trinajstić information content (AvgIpc) is 2.21. The minimum Gasteiger partial charge on any atom is -0.115 e. The van der Waals surface area contributed by atoms with Gasteiger partial charge in [0.2, 0.25) is 0 Å². The molecule has 1 aliphatic heterocycles. The highest BCUT2D eigenvalue weighted by atomic mass is 28.2. The van der Waals surface area contributed by atoms with Gasteiger partial charge in [-0.2, -0.15) is 0 Å². The maximum absolute atomic E-state index is 6.38. The van der Waals surface area contributed by atoms with Gasteiger partial charge in [0.25, 0.3) is 0 Å². The van der Waals surface area contributed by atoms with E-state index in [1.165, 1.54) is 0 Å². The minimum absolute atomic E-state index is 0.829. The van der Waals surface area contributed by atoms with Gasteiger partial charge >= 0.3 is 0 Å². The third-order valence-electron chi connectivity index (χ3n) is 0.423. The van der Waals surface area contributed by atoms with Crippen molar-refractivity contribution in [1.29, 1.82) is 0 Å². The van der Waals surface area contributed by atoms with Crippen LogP contribution < -0.4 is 0 Å². The molecule has 0 N–H and O–H groups in total. The van der Waals surface area contributed by atoms with Crippen LogP contribution in [0, 0.1) is 12.3 Å². The van der Waals surface area contributed by atoms with Crippen LogP contribution in [-0.2, 0) is 0 Å². The Hall–Kier alpha value is -0.483. The van der Waals surface area contributed by atoms with Gasteiger partial charge in [-0.1, -0.05) is 11.6 Å². The Kier molecular flexibility index (Phi) is 0.269. The van der Waals surface area contributed by atoms with Crippen molar-refractivity contribution >= 4 is 9.52 Å². The predicted octanol–water partition coefficient (Wildman–Crippen LogP) is 0.179. The zero-order chi connectivity index (χ0) is 4.41. The fraction of sp³-hybridized carbons (Fsp3) is 0. The van der Waals surface area contributed by atoms with Gasteiger partial charge < -0.3 is 0 Å². The van der Waals surface area contributed by atoms with Crippen molar-refractivity contribution in [2.75, 3.05) is 0 Å². The van der Waals surface area contributed by atoms with E-state index >= 15 is 0 Å². The van der Waals surface area contributed by atoms with Crippen LogP contribution in [0.5, 0.6) is 0 Å². The van der Waals surface area contributed by atoms with E-state index in [0.29, 0.717) is 0 Å². The summed E-state index contributed by atoms with van der Waals surface area (Å²) < 4.78 is 6.38. The Morgan fingerprint density at radius 1 is 2.40 bits per heavy atom. The van der Waals surface area contributed by atoms with Crippen LogP contribution in [0.25, 0.3) is 0 Å². The summed E-state index contributed by atoms with van der Waals surface area (Å²) in [5, 5.41) is 1.14. The van der Waals surface area contributed by atoms with Gasteiger partial charge in [0.15, 0.2) is 0 Å². The lowest BCUT2D eigenvalue weighted by Gasteiger charge is -1.50. The maximum atomic E-state index is 6.38. The summed E-state index contributed by atoms with van der Waals surface area (Å²) >= 11 is 0. The number of terminal acetylenes is 1. The molecule has 1 heteroatoms. The van der Waals surface area contributed by atoms with Gasteiger partial charge in [-0.15, -0.1) is 6.40 Å². The maximum Gasteiger partial charge on any atom is 0.124 e. The second-order valence-electron chi connectivity index (χ2n) is 0.827. The first-order valence-corrected chi connectivity index (χ1v) is 2.40. The molecule has 22 valence electrons. The molecule has 0 amide bonds. The normalized spacial score (nSPS) is 17.6. The van der Waals surface area contributed by atoms with Crippen molar-refractivity contribution in [2.24, 2.45) is 0 Å². The summed E-state index contributed by atoms with van der Waals surface area (Å²) in [7, 11) is 0.829. The molecule has 1 aliphatic rings. The molecular weight excluding hydrogens is 76.1 g/mol. The highest BCUT2D eigenvalue weighted by Crippen LogP contribution is 2.01. The molecule has 0 fully saturated rings. The molecule has 5 heavy (non-hydrogen) atoms. The summed E-state index contributed by atoms with van der Waals surface area (Å²) in [6, 6.07) is 0. The molecule has 0 unspecified atom stereocenters. The minimum atomic E-state index is 0.829. The number of rotatable bonds is 0. The van der Waals surface area contributed by atoms with Gasteiger partial charge in [0, 0.05) is 0 Å². The Balaban J connectivity index is 2.47. The molecule has 0 atom stereocenters. The zero-order valence-corrected chi connectivity index (χ0v) is 3.58. The molecule has 0 bridgehead atoms. The number of allylic oxidation sites excluding steroid dienone is 1. The third kappa shape index (κ3) is 0.397. The van der Waals surface area contributed by atoms with E-state index in [-0.39, 0.29) is 0 Å². The number of hydrogen-bond donors (Lipinski definition) is 0. The van der Waals surface area contributed by atoms with Gasteiger partial charge in [-0.25, -0.2) is 0 Å². The monoisotopic (exact) mass is 79.0 g/mol. The summed E-state index contributed by atoms with van der Waals surface area (Å²) in [6.45, 7) is 0. The van der Waals surface area contributed by atoms with Crippen molar-refractivity contribution in [3.05, 3.63) is 10.9 Å². The zero-order valence-electron chi connectivity index (χ0n) is 3.58.